The highest BCUT2D eigenvalue weighted by Crippen LogP contribution is 2.22. The van der Waals surface area contributed by atoms with Crippen LogP contribution in [-0.4, -0.2) is 70.9 Å². The van der Waals surface area contributed by atoms with Crippen LogP contribution < -0.4 is 4.90 Å². The van der Waals surface area contributed by atoms with Gasteiger partial charge in [0.1, 0.15) is 0 Å². The lowest BCUT2D eigenvalue weighted by atomic mass is 10.1. The topological polar surface area (TPSA) is 69.6 Å². The molecule has 7 heteroatoms. The van der Waals surface area contributed by atoms with E-state index in [2.05, 4.69) is 28.7 Å². The van der Waals surface area contributed by atoms with E-state index in [9.17, 15) is 9.59 Å². The van der Waals surface area contributed by atoms with Crippen molar-refractivity contribution in [3.05, 3.63) is 17.5 Å². The van der Waals surface area contributed by atoms with Gasteiger partial charge in [0.25, 0.3) is 0 Å². The number of anilines is 1. The van der Waals surface area contributed by atoms with Gasteiger partial charge >= 0.3 is 0 Å². The molecule has 142 valence electrons. The first-order valence-corrected chi connectivity index (χ1v) is 9.47. The largest absolute Gasteiger partial charge is 0.342 e. The summed E-state index contributed by atoms with van der Waals surface area (Å²) in [4.78, 5) is 39.9. The Balaban J connectivity index is 1.56. The minimum atomic E-state index is -0.190. The van der Waals surface area contributed by atoms with Gasteiger partial charge < -0.3 is 14.7 Å². The Kier molecular flexibility index (Phi) is 5.44. The van der Waals surface area contributed by atoms with Gasteiger partial charge in [-0.1, -0.05) is 13.8 Å². The second-order valence-corrected chi connectivity index (χ2v) is 7.86. The van der Waals surface area contributed by atoms with Crippen molar-refractivity contribution in [1.82, 2.24) is 19.8 Å². The zero-order chi connectivity index (χ0) is 18.8. The molecule has 0 radical (unpaired) electrons. The molecular formula is C19H29N5O2. The average molecular weight is 359 g/mol. The fourth-order valence-electron chi connectivity index (χ4n) is 3.79. The molecule has 0 bridgehead atoms. The first-order chi connectivity index (χ1) is 12.3. The molecule has 0 unspecified atom stereocenters. The summed E-state index contributed by atoms with van der Waals surface area (Å²) < 4.78 is 0. The molecule has 1 aromatic heterocycles. The second-order valence-electron chi connectivity index (χ2n) is 7.86. The van der Waals surface area contributed by atoms with Crippen LogP contribution in [0.25, 0.3) is 0 Å². The van der Waals surface area contributed by atoms with Gasteiger partial charge in [-0.2, -0.15) is 0 Å². The van der Waals surface area contributed by atoms with Crippen LogP contribution in [0.5, 0.6) is 0 Å². The maximum Gasteiger partial charge on any atom is 0.228 e. The molecule has 2 saturated heterocycles. The maximum atomic E-state index is 12.8. The SMILES string of the molecule is Cc1cc(C)nc(N2CCN(C(=O)[C@H]3CC(=O)N(CC(C)C)C3)CC2)n1. The molecule has 0 spiro atoms. The van der Waals surface area contributed by atoms with Gasteiger partial charge in [0, 0.05) is 57.1 Å². The van der Waals surface area contributed by atoms with Gasteiger partial charge in [-0.05, 0) is 25.8 Å². The number of carbonyl (C=O) groups excluding carboxylic acids is 2. The summed E-state index contributed by atoms with van der Waals surface area (Å²) in [6, 6.07) is 1.96. The van der Waals surface area contributed by atoms with Crippen LogP contribution in [0, 0.1) is 25.7 Å². The van der Waals surface area contributed by atoms with E-state index < -0.39 is 0 Å². The van der Waals surface area contributed by atoms with E-state index in [1.54, 1.807) is 0 Å². The number of likely N-dealkylation sites (tertiary alicyclic amines) is 1. The predicted molar refractivity (Wildman–Crippen MR) is 99.8 cm³/mol. The highest BCUT2D eigenvalue weighted by Gasteiger charge is 2.37. The van der Waals surface area contributed by atoms with E-state index in [1.165, 1.54) is 0 Å². The van der Waals surface area contributed by atoms with E-state index in [-0.39, 0.29) is 17.7 Å². The summed E-state index contributed by atoms with van der Waals surface area (Å²) in [7, 11) is 0. The lowest BCUT2D eigenvalue weighted by molar-refractivity contribution is -0.136. The van der Waals surface area contributed by atoms with E-state index in [0.29, 0.717) is 32.0 Å². The highest BCUT2D eigenvalue weighted by atomic mass is 16.2. The van der Waals surface area contributed by atoms with Crippen LogP contribution in [0.4, 0.5) is 5.95 Å². The normalized spacial score (nSPS) is 21.0. The number of nitrogens with zero attached hydrogens (tertiary/aromatic N) is 5. The van der Waals surface area contributed by atoms with E-state index >= 15 is 0 Å². The van der Waals surface area contributed by atoms with Crippen molar-refractivity contribution < 1.29 is 9.59 Å². The van der Waals surface area contributed by atoms with Gasteiger partial charge in [-0.3, -0.25) is 9.59 Å². The summed E-state index contributed by atoms with van der Waals surface area (Å²) in [6.07, 6.45) is 0.353. The van der Waals surface area contributed by atoms with Gasteiger partial charge in [0.2, 0.25) is 17.8 Å². The zero-order valence-corrected chi connectivity index (χ0v) is 16.2. The van der Waals surface area contributed by atoms with Crippen molar-refractivity contribution >= 4 is 17.8 Å². The van der Waals surface area contributed by atoms with Crippen LogP contribution >= 0.6 is 0 Å². The third-order valence-corrected chi connectivity index (χ3v) is 4.99. The van der Waals surface area contributed by atoms with Gasteiger partial charge in [-0.15, -0.1) is 0 Å². The third-order valence-electron chi connectivity index (χ3n) is 4.99. The monoisotopic (exact) mass is 359 g/mol. The molecule has 0 N–H and O–H groups in total. The Morgan fingerprint density at radius 3 is 2.35 bits per heavy atom. The lowest BCUT2D eigenvalue weighted by Crippen LogP contribution is -2.51. The van der Waals surface area contributed by atoms with Crippen LogP contribution in [0.3, 0.4) is 0 Å². The fraction of sp³-hybridized carbons (Fsp3) is 0.684. The molecule has 2 aliphatic rings. The van der Waals surface area contributed by atoms with Crippen LogP contribution in [0.15, 0.2) is 6.07 Å². The lowest BCUT2D eigenvalue weighted by Gasteiger charge is -2.36. The standard InChI is InChI=1S/C19H29N5O2/c1-13(2)11-24-12-16(10-17(24)25)18(26)22-5-7-23(8-6-22)19-20-14(3)9-15(4)21-19/h9,13,16H,5-8,10-12H2,1-4H3/t16-/m0/s1. The van der Waals surface area contributed by atoms with Crippen molar-refractivity contribution in [3.63, 3.8) is 0 Å². The molecule has 7 nitrogen and oxygen atoms in total. The molecule has 2 aliphatic heterocycles. The highest BCUT2D eigenvalue weighted by molar-refractivity contribution is 5.89. The van der Waals surface area contributed by atoms with Gasteiger partial charge in [0.15, 0.2) is 0 Å². The molecule has 0 aliphatic carbocycles. The Hall–Kier alpha value is -2.18. The van der Waals surface area contributed by atoms with Gasteiger partial charge in [0.05, 0.1) is 5.92 Å². The van der Waals surface area contributed by atoms with Crippen molar-refractivity contribution in [2.75, 3.05) is 44.2 Å². The predicted octanol–water partition coefficient (Wildman–Crippen LogP) is 1.25. The molecule has 3 heterocycles. The maximum absolute atomic E-state index is 12.8. The molecule has 26 heavy (non-hydrogen) atoms. The Morgan fingerprint density at radius 2 is 1.77 bits per heavy atom. The minimum absolute atomic E-state index is 0.110. The molecule has 3 rings (SSSR count). The number of hydrogen-bond donors (Lipinski definition) is 0. The minimum Gasteiger partial charge on any atom is -0.342 e. The number of rotatable bonds is 4. The Morgan fingerprint density at radius 1 is 1.15 bits per heavy atom. The van der Waals surface area contributed by atoms with E-state index in [0.717, 1.165) is 37.0 Å². The summed E-state index contributed by atoms with van der Waals surface area (Å²) in [6.45, 7) is 12.2. The number of hydrogen-bond acceptors (Lipinski definition) is 5. The van der Waals surface area contributed by atoms with Crippen LogP contribution in [0.1, 0.15) is 31.7 Å². The Bertz CT molecular complexity index is 662. The third kappa shape index (κ3) is 4.14. The summed E-state index contributed by atoms with van der Waals surface area (Å²) in [5.41, 5.74) is 1.92. The van der Waals surface area contributed by atoms with E-state index in [1.807, 2.05) is 29.7 Å². The number of piperazine rings is 1. The summed E-state index contributed by atoms with van der Waals surface area (Å²) in [5, 5.41) is 0. The summed E-state index contributed by atoms with van der Waals surface area (Å²) >= 11 is 0. The molecule has 1 atom stereocenters. The first kappa shape index (κ1) is 18.6. The number of aryl methyl sites for hydroxylation is 2. The molecule has 1 aromatic rings. The molecule has 0 aromatic carbocycles. The fourth-order valence-corrected chi connectivity index (χ4v) is 3.79. The number of amides is 2. The van der Waals surface area contributed by atoms with Crippen molar-refractivity contribution in [2.45, 2.75) is 34.1 Å². The number of aromatic nitrogens is 2. The molecule has 0 saturated carbocycles. The average Bonchev–Trinajstić information content (AvgIpc) is 2.93. The molecule has 2 amide bonds. The zero-order valence-electron chi connectivity index (χ0n) is 16.2. The summed E-state index contributed by atoms with van der Waals surface area (Å²) in [5.74, 6) is 1.21. The molecule has 2 fully saturated rings. The van der Waals surface area contributed by atoms with Crippen molar-refractivity contribution in [3.8, 4) is 0 Å². The van der Waals surface area contributed by atoms with Crippen molar-refractivity contribution in [1.29, 1.82) is 0 Å². The van der Waals surface area contributed by atoms with Crippen molar-refractivity contribution in [2.24, 2.45) is 11.8 Å². The molecular weight excluding hydrogens is 330 g/mol. The number of carbonyl (C=O) groups is 2. The van der Waals surface area contributed by atoms with Crippen LogP contribution in [-0.2, 0) is 9.59 Å². The van der Waals surface area contributed by atoms with Gasteiger partial charge in [-0.25, -0.2) is 9.97 Å². The second kappa shape index (κ2) is 7.60. The quantitative estimate of drug-likeness (QED) is 0.809. The van der Waals surface area contributed by atoms with E-state index in [4.69, 9.17) is 0 Å². The first-order valence-electron chi connectivity index (χ1n) is 9.47. The van der Waals surface area contributed by atoms with Crippen LogP contribution in [0.2, 0.25) is 0 Å². The smallest absolute Gasteiger partial charge is 0.228 e. The Labute approximate surface area is 155 Å².